The molecule has 2 amide bonds. The Kier molecular flexibility index (Phi) is 6.01. The zero-order chi connectivity index (χ0) is 25.6. The van der Waals surface area contributed by atoms with Crippen molar-refractivity contribution in [2.45, 2.75) is 40.3 Å². The number of aliphatic hydroxyl groups is 1. The van der Waals surface area contributed by atoms with Gasteiger partial charge in [0.15, 0.2) is 11.5 Å². The van der Waals surface area contributed by atoms with Crippen LogP contribution >= 0.6 is 0 Å². The highest BCUT2D eigenvalue weighted by Gasteiger charge is 2.33. The molecule has 9 heteroatoms. The third kappa shape index (κ3) is 4.11. The number of benzene rings is 2. The summed E-state index contributed by atoms with van der Waals surface area (Å²) in [5.41, 5.74) is 5.78. The van der Waals surface area contributed by atoms with E-state index in [0.717, 1.165) is 33.3 Å². The number of fused-ring (bicyclic) bond motifs is 2. The second kappa shape index (κ2) is 9.16. The number of nitrogens with zero attached hydrogens (tertiary/aromatic N) is 5. The van der Waals surface area contributed by atoms with Crippen LogP contribution in [0.15, 0.2) is 42.6 Å². The summed E-state index contributed by atoms with van der Waals surface area (Å²) in [6.45, 7) is 8.17. The van der Waals surface area contributed by atoms with Crippen molar-refractivity contribution in [3.63, 3.8) is 0 Å². The summed E-state index contributed by atoms with van der Waals surface area (Å²) in [6.07, 6.45) is 1.83. The fourth-order valence-electron chi connectivity index (χ4n) is 4.58. The van der Waals surface area contributed by atoms with Gasteiger partial charge in [-0.3, -0.25) is 14.3 Å². The number of amides is 2. The van der Waals surface area contributed by atoms with Crippen LogP contribution in [0.4, 0.5) is 5.69 Å². The minimum absolute atomic E-state index is 0.176. The first-order valence-electron chi connectivity index (χ1n) is 11.9. The number of hydrogen-bond donors (Lipinski definition) is 2. The Bertz CT molecular complexity index is 1510. The predicted molar refractivity (Wildman–Crippen MR) is 137 cm³/mol. The number of carbonyl (C=O) groups excluding carboxylic acids is 2. The zero-order valence-corrected chi connectivity index (χ0v) is 20.7. The molecule has 1 aliphatic heterocycles. The molecule has 9 nitrogen and oxygen atoms in total. The summed E-state index contributed by atoms with van der Waals surface area (Å²) in [5, 5.41) is 17.3. The maximum Gasteiger partial charge on any atom is 0.276 e. The molecule has 2 aromatic carbocycles. The van der Waals surface area contributed by atoms with Crippen LogP contribution in [0.5, 0.6) is 0 Å². The minimum atomic E-state index is -0.403. The molecule has 0 fully saturated rings. The monoisotopic (exact) mass is 484 g/mol. The van der Waals surface area contributed by atoms with Crippen molar-refractivity contribution in [1.29, 1.82) is 0 Å². The SMILES string of the molecule is Cc1ccc2nc(-c3ccc(N4CCn5nc(C(=O)N[C@H](C)CO)c(C)c5C4=O)c(C)c3)ncc2c1. The molecule has 5 rings (SSSR count). The molecule has 0 radical (unpaired) electrons. The molecule has 184 valence electrons. The molecule has 2 aromatic heterocycles. The molecule has 3 heterocycles. The van der Waals surface area contributed by atoms with Crippen LogP contribution in [0, 0.1) is 20.8 Å². The molecule has 0 aliphatic carbocycles. The lowest BCUT2D eigenvalue weighted by Gasteiger charge is -2.29. The molecule has 4 aromatic rings. The van der Waals surface area contributed by atoms with Gasteiger partial charge in [0.05, 0.1) is 18.7 Å². The standard InChI is InChI=1S/C27H28N6O3/c1-15-5-7-21-20(11-15)13-28-25(30-21)19-6-8-22(16(2)12-19)32-9-10-33-24(27(32)36)18(4)23(31-33)26(35)29-17(3)14-34/h5-8,11-13,17,34H,9-10,14H2,1-4H3,(H,29,35)/t17-/m1/s1. The Morgan fingerprint density at radius 2 is 1.94 bits per heavy atom. The van der Waals surface area contributed by atoms with E-state index in [1.54, 1.807) is 23.4 Å². The Morgan fingerprint density at radius 1 is 1.14 bits per heavy atom. The number of hydrogen-bond acceptors (Lipinski definition) is 6. The molecule has 0 unspecified atom stereocenters. The lowest BCUT2D eigenvalue weighted by atomic mass is 10.1. The summed E-state index contributed by atoms with van der Waals surface area (Å²) in [7, 11) is 0. The highest BCUT2D eigenvalue weighted by atomic mass is 16.3. The first-order chi connectivity index (χ1) is 17.3. The van der Waals surface area contributed by atoms with Crippen molar-refractivity contribution in [2.75, 3.05) is 18.1 Å². The van der Waals surface area contributed by atoms with Crippen molar-refractivity contribution in [3.8, 4) is 11.4 Å². The Hall–Kier alpha value is -4.11. The van der Waals surface area contributed by atoms with Gasteiger partial charge in [0.2, 0.25) is 0 Å². The number of aryl methyl sites for hydroxylation is 2. The highest BCUT2D eigenvalue weighted by Crippen LogP contribution is 2.30. The van der Waals surface area contributed by atoms with E-state index < -0.39 is 11.9 Å². The highest BCUT2D eigenvalue weighted by molar-refractivity contribution is 6.09. The molecule has 2 N–H and O–H groups in total. The Morgan fingerprint density at radius 3 is 2.69 bits per heavy atom. The molecule has 0 spiro atoms. The van der Waals surface area contributed by atoms with Gasteiger partial charge >= 0.3 is 0 Å². The van der Waals surface area contributed by atoms with Crippen molar-refractivity contribution >= 4 is 28.4 Å². The normalized spacial score (nSPS) is 14.1. The maximum absolute atomic E-state index is 13.5. The van der Waals surface area contributed by atoms with E-state index in [2.05, 4.69) is 21.5 Å². The van der Waals surface area contributed by atoms with Crippen LogP contribution < -0.4 is 10.2 Å². The average Bonchev–Trinajstić information content (AvgIpc) is 3.21. The van der Waals surface area contributed by atoms with Gasteiger partial charge in [-0.05, 0) is 63.6 Å². The second-order valence-electron chi connectivity index (χ2n) is 9.32. The second-order valence-corrected chi connectivity index (χ2v) is 9.32. The van der Waals surface area contributed by atoms with Crippen molar-refractivity contribution in [1.82, 2.24) is 25.1 Å². The van der Waals surface area contributed by atoms with Gasteiger partial charge in [-0.25, -0.2) is 9.97 Å². The number of rotatable bonds is 5. The van der Waals surface area contributed by atoms with Crippen LogP contribution in [-0.4, -0.2) is 55.9 Å². The number of anilines is 1. The molecule has 1 aliphatic rings. The third-order valence-electron chi connectivity index (χ3n) is 6.52. The van der Waals surface area contributed by atoms with E-state index in [1.807, 2.05) is 50.4 Å². The van der Waals surface area contributed by atoms with Crippen LogP contribution in [0.2, 0.25) is 0 Å². The van der Waals surface area contributed by atoms with Gasteiger partial charge < -0.3 is 15.3 Å². The summed E-state index contributed by atoms with van der Waals surface area (Å²) in [5.74, 6) is 0.0303. The molecule has 1 atom stereocenters. The lowest BCUT2D eigenvalue weighted by molar-refractivity contribution is 0.0914. The first kappa shape index (κ1) is 23.6. The maximum atomic E-state index is 13.5. The van der Waals surface area contributed by atoms with Gasteiger partial charge in [-0.2, -0.15) is 5.10 Å². The molecule has 0 saturated heterocycles. The van der Waals surface area contributed by atoms with Crippen molar-refractivity contribution < 1.29 is 14.7 Å². The summed E-state index contributed by atoms with van der Waals surface area (Å²) in [4.78, 5) is 37.1. The average molecular weight is 485 g/mol. The van der Waals surface area contributed by atoms with Gasteiger partial charge in [0, 0.05) is 41.0 Å². The number of nitrogens with one attached hydrogen (secondary N) is 1. The molecule has 0 bridgehead atoms. The van der Waals surface area contributed by atoms with Crippen LogP contribution in [0.3, 0.4) is 0 Å². The molecule has 0 saturated carbocycles. The molecule has 36 heavy (non-hydrogen) atoms. The van der Waals surface area contributed by atoms with Gasteiger partial charge in [-0.15, -0.1) is 0 Å². The number of aromatic nitrogens is 4. The minimum Gasteiger partial charge on any atom is -0.394 e. The smallest absolute Gasteiger partial charge is 0.276 e. The largest absolute Gasteiger partial charge is 0.394 e. The van der Waals surface area contributed by atoms with Gasteiger partial charge in [0.25, 0.3) is 11.8 Å². The summed E-state index contributed by atoms with van der Waals surface area (Å²) in [6, 6.07) is 11.5. The summed E-state index contributed by atoms with van der Waals surface area (Å²) < 4.78 is 1.60. The van der Waals surface area contributed by atoms with Crippen molar-refractivity contribution in [2.24, 2.45) is 0 Å². The fraction of sp³-hybridized carbons (Fsp3) is 0.296. The van der Waals surface area contributed by atoms with Crippen LogP contribution in [0.1, 0.15) is 44.6 Å². The summed E-state index contributed by atoms with van der Waals surface area (Å²) >= 11 is 0. The number of carbonyl (C=O) groups is 2. The van der Waals surface area contributed by atoms with Crippen LogP contribution in [0.25, 0.3) is 22.3 Å². The molecular formula is C27H28N6O3. The fourth-order valence-corrected chi connectivity index (χ4v) is 4.58. The van der Waals surface area contributed by atoms with E-state index in [4.69, 9.17) is 4.98 Å². The lowest BCUT2D eigenvalue weighted by Crippen LogP contribution is -2.41. The van der Waals surface area contributed by atoms with E-state index >= 15 is 0 Å². The molecular weight excluding hydrogens is 456 g/mol. The van der Waals surface area contributed by atoms with E-state index in [9.17, 15) is 14.7 Å². The Labute approximate surface area is 208 Å². The number of aliphatic hydroxyl groups excluding tert-OH is 1. The Balaban J connectivity index is 1.43. The van der Waals surface area contributed by atoms with E-state index in [1.165, 1.54) is 0 Å². The topological polar surface area (TPSA) is 113 Å². The van der Waals surface area contributed by atoms with E-state index in [-0.39, 0.29) is 18.2 Å². The van der Waals surface area contributed by atoms with Crippen LogP contribution in [-0.2, 0) is 6.54 Å². The third-order valence-corrected chi connectivity index (χ3v) is 6.52. The van der Waals surface area contributed by atoms with Crippen molar-refractivity contribution in [3.05, 3.63) is 70.7 Å². The van der Waals surface area contributed by atoms with Gasteiger partial charge in [-0.1, -0.05) is 11.6 Å². The zero-order valence-electron chi connectivity index (χ0n) is 20.7. The quantitative estimate of drug-likeness (QED) is 0.450. The predicted octanol–water partition coefficient (Wildman–Crippen LogP) is 3.19. The van der Waals surface area contributed by atoms with E-state index in [0.29, 0.717) is 30.2 Å². The van der Waals surface area contributed by atoms with Gasteiger partial charge in [0.1, 0.15) is 5.69 Å². The first-order valence-corrected chi connectivity index (χ1v) is 11.9.